The van der Waals surface area contributed by atoms with E-state index in [1.165, 1.54) is 17.7 Å². The number of nitrogens with zero attached hydrogens (tertiary/aromatic N) is 2. The SMILES string of the molecule is COc1ccc([C@H]2CCCC3CN(c4ccc(Cl)c(C(F)(F)F)c4)CCN32)cc1OC. The zero-order chi connectivity index (χ0) is 22.2. The Labute approximate surface area is 185 Å². The van der Waals surface area contributed by atoms with Crippen molar-refractivity contribution >= 4 is 17.3 Å². The molecule has 2 aliphatic rings. The number of alkyl halides is 3. The number of rotatable bonds is 4. The maximum absolute atomic E-state index is 13.3. The number of ether oxygens (including phenoxy) is 2. The second kappa shape index (κ2) is 8.79. The van der Waals surface area contributed by atoms with Crippen LogP contribution in [0.3, 0.4) is 0 Å². The molecule has 2 heterocycles. The lowest BCUT2D eigenvalue weighted by molar-refractivity contribution is -0.137. The lowest BCUT2D eigenvalue weighted by Gasteiger charge is -2.49. The highest BCUT2D eigenvalue weighted by Crippen LogP contribution is 2.41. The standard InChI is InChI=1S/C23H26ClF3N2O2/c1-30-21-9-6-15(12-22(21)31-2)20-5-3-4-17-14-28(10-11-29(17)20)16-7-8-19(24)18(13-16)23(25,26)27/h6-9,12-13,17,20H,3-5,10-11,14H2,1-2H3/t17?,20-/m1/s1. The Kier molecular flexibility index (Phi) is 6.26. The van der Waals surface area contributed by atoms with Crippen LogP contribution in [0.5, 0.6) is 11.5 Å². The van der Waals surface area contributed by atoms with Gasteiger partial charge in [0.1, 0.15) is 0 Å². The van der Waals surface area contributed by atoms with Crippen LogP contribution in [0.15, 0.2) is 36.4 Å². The molecule has 2 aromatic rings. The Morgan fingerprint density at radius 3 is 2.45 bits per heavy atom. The molecule has 0 aromatic heterocycles. The Hall–Kier alpha value is -2.12. The zero-order valence-corrected chi connectivity index (χ0v) is 18.3. The minimum Gasteiger partial charge on any atom is -0.493 e. The molecule has 4 rings (SSSR count). The summed E-state index contributed by atoms with van der Waals surface area (Å²) in [6.45, 7) is 2.15. The molecule has 0 N–H and O–H groups in total. The van der Waals surface area contributed by atoms with Crippen LogP contribution < -0.4 is 14.4 Å². The lowest BCUT2D eigenvalue weighted by atomic mass is 9.89. The predicted molar refractivity (Wildman–Crippen MR) is 115 cm³/mol. The molecule has 2 aromatic carbocycles. The third-order valence-electron chi connectivity index (χ3n) is 6.36. The van der Waals surface area contributed by atoms with Gasteiger partial charge in [0, 0.05) is 37.4 Å². The molecular weight excluding hydrogens is 429 g/mol. The Morgan fingerprint density at radius 1 is 0.968 bits per heavy atom. The van der Waals surface area contributed by atoms with E-state index in [1.54, 1.807) is 20.3 Å². The van der Waals surface area contributed by atoms with Crippen molar-refractivity contribution < 1.29 is 22.6 Å². The molecule has 2 fully saturated rings. The maximum atomic E-state index is 13.3. The Morgan fingerprint density at radius 2 is 1.74 bits per heavy atom. The van der Waals surface area contributed by atoms with Crippen molar-refractivity contribution in [1.82, 2.24) is 4.90 Å². The number of benzene rings is 2. The molecular formula is C23H26ClF3N2O2. The van der Waals surface area contributed by atoms with Crippen LogP contribution in [0, 0.1) is 0 Å². The summed E-state index contributed by atoms with van der Waals surface area (Å²) in [5, 5.41) is -0.263. The number of hydrogen-bond donors (Lipinski definition) is 0. The van der Waals surface area contributed by atoms with Gasteiger partial charge in [0.25, 0.3) is 0 Å². The molecule has 0 amide bonds. The van der Waals surface area contributed by atoms with Gasteiger partial charge in [-0.3, -0.25) is 4.90 Å². The van der Waals surface area contributed by atoms with Gasteiger partial charge in [0.05, 0.1) is 24.8 Å². The fourth-order valence-corrected chi connectivity index (χ4v) is 5.05. The second-order valence-electron chi connectivity index (χ2n) is 8.06. The van der Waals surface area contributed by atoms with Gasteiger partial charge in [-0.1, -0.05) is 17.7 Å². The third-order valence-corrected chi connectivity index (χ3v) is 6.69. The fourth-order valence-electron chi connectivity index (χ4n) is 4.83. The van der Waals surface area contributed by atoms with Gasteiger partial charge in [0.15, 0.2) is 11.5 Å². The average molecular weight is 455 g/mol. The summed E-state index contributed by atoms with van der Waals surface area (Å²) < 4.78 is 50.7. The first kappa shape index (κ1) is 22.1. The number of methoxy groups -OCH3 is 2. The summed E-state index contributed by atoms with van der Waals surface area (Å²) in [6, 6.07) is 10.8. The molecule has 1 unspecified atom stereocenters. The topological polar surface area (TPSA) is 24.9 Å². The van der Waals surface area contributed by atoms with Crippen LogP contribution in [0.25, 0.3) is 0 Å². The molecule has 2 saturated heterocycles. The summed E-state index contributed by atoms with van der Waals surface area (Å²) in [5.41, 5.74) is 0.979. The van der Waals surface area contributed by atoms with Crippen molar-refractivity contribution in [1.29, 1.82) is 0 Å². The summed E-state index contributed by atoms with van der Waals surface area (Å²) in [5.74, 6) is 1.41. The van der Waals surface area contributed by atoms with E-state index in [2.05, 4.69) is 11.0 Å². The normalized spacial score (nSPS) is 22.2. The number of piperazine rings is 1. The highest BCUT2D eigenvalue weighted by atomic mass is 35.5. The number of piperidine rings is 1. The Balaban J connectivity index is 1.54. The van der Waals surface area contributed by atoms with Crippen LogP contribution in [0.4, 0.5) is 18.9 Å². The van der Waals surface area contributed by atoms with Crippen molar-refractivity contribution in [2.75, 3.05) is 38.8 Å². The summed E-state index contributed by atoms with van der Waals surface area (Å²) in [7, 11) is 3.25. The smallest absolute Gasteiger partial charge is 0.417 e. The summed E-state index contributed by atoms with van der Waals surface area (Å²) in [4.78, 5) is 4.53. The van der Waals surface area contributed by atoms with Crippen LogP contribution in [0.1, 0.15) is 36.4 Å². The van der Waals surface area contributed by atoms with Crippen molar-refractivity contribution in [3.8, 4) is 11.5 Å². The van der Waals surface area contributed by atoms with E-state index in [0.29, 0.717) is 30.3 Å². The van der Waals surface area contributed by atoms with Crippen molar-refractivity contribution in [3.05, 3.63) is 52.5 Å². The van der Waals surface area contributed by atoms with E-state index in [-0.39, 0.29) is 17.1 Å². The second-order valence-corrected chi connectivity index (χ2v) is 8.47. The zero-order valence-electron chi connectivity index (χ0n) is 17.6. The van der Waals surface area contributed by atoms with E-state index < -0.39 is 11.7 Å². The largest absolute Gasteiger partial charge is 0.493 e. The van der Waals surface area contributed by atoms with Crippen LogP contribution in [0.2, 0.25) is 5.02 Å². The van der Waals surface area contributed by atoms with Crippen LogP contribution in [-0.4, -0.2) is 44.8 Å². The van der Waals surface area contributed by atoms with Gasteiger partial charge in [0.2, 0.25) is 0 Å². The van der Waals surface area contributed by atoms with Crippen LogP contribution >= 0.6 is 11.6 Å². The minimum absolute atomic E-state index is 0.261. The quantitative estimate of drug-likeness (QED) is 0.583. The molecule has 0 saturated carbocycles. The molecule has 0 aliphatic carbocycles. The fraction of sp³-hybridized carbons (Fsp3) is 0.478. The molecule has 4 nitrogen and oxygen atoms in total. The van der Waals surface area contributed by atoms with Gasteiger partial charge in [-0.15, -0.1) is 0 Å². The molecule has 0 spiro atoms. The summed E-state index contributed by atoms with van der Waals surface area (Å²) >= 11 is 5.80. The van der Waals surface area contributed by atoms with Crippen molar-refractivity contribution in [3.63, 3.8) is 0 Å². The van der Waals surface area contributed by atoms with Gasteiger partial charge in [-0.05, 0) is 55.2 Å². The van der Waals surface area contributed by atoms with Gasteiger partial charge in [-0.25, -0.2) is 0 Å². The van der Waals surface area contributed by atoms with E-state index in [9.17, 15) is 13.2 Å². The minimum atomic E-state index is -4.46. The first-order valence-corrected chi connectivity index (χ1v) is 10.8. The molecule has 0 bridgehead atoms. The van der Waals surface area contributed by atoms with Gasteiger partial charge >= 0.3 is 6.18 Å². The van der Waals surface area contributed by atoms with Crippen LogP contribution in [-0.2, 0) is 6.18 Å². The third kappa shape index (κ3) is 4.44. The first-order valence-electron chi connectivity index (χ1n) is 10.4. The molecule has 8 heteroatoms. The van der Waals surface area contributed by atoms with E-state index in [0.717, 1.165) is 25.8 Å². The predicted octanol–water partition coefficient (Wildman–Crippen LogP) is 5.79. The lowest BCUT2D eigenvalue weighted by Crippen LogP contribution is -2.55. The van der Waals surface area contributed by atoms with E-state index in [4.69, 9.17) is 21.1 Å². The van der Waals surface area contributed by atoms with Crippen molar-refractivity contribution in [2.24, 2.45) is 0 Å². The average Bonchev–Trinajstić information content (AvgIpc) is 2.77. The number of anilines is 1. The number of halogens is 4. The highest BCUT2D eigenvalue weighted by Gasteiger charge is 2.37. The monoisotopic (exact) mass is 454 g/mol. The molecule has 0 radical (unpaired) electrons. The van der Waals surface area contributed by atoms with Gasteiger partial charge < -0.3 is 14.4 Å². The summed E-state index contributed by atoms with van der Waals surface area (Å²) in [6.07, 6.45) is -1.31. The van der Waals surface area contributed by atoms with E-state index in [1.807, 2.05) is 17.0 Å². The molecule has 168 valence electrons. The first-order chi connectivity index (χ1) is 14.8. The number of hydrogen-bond acceptors (Lipinski definition) is 4. The molecule has 2 atom stereocenters. The number of fused-ring (bicyclic) bond motifs is 1. The van der Waals surface area contributed by atoms with Gasteiger partial charge in [-0.2, -0.15) is 13.2 Å². The molecule has 31 heavy (non-hydrogen) atoms. The highest BCUT2D eigenvalue weighted by molar-refractivity contribution is 6.31. The van der Waals surface area contributed by atoms with Crippen molar-refractivity contribution in [2.45, 2.75) is 37.5 Å². The van der Waals surface area contributed by atoms with E-state index >= 15 is 0 Å². The maximum Gasteiger partial charge on any atom is 0.417 e. The molecule has 2 aliphatic heterocycles. The Bertz CT molecular complexity index is 938.